The first-order valence-electron chi connectivity index (χ1n) is 28.5. The van der Waals surface area contributed by atoms with Gasteiger partial charge in [0.15, 0.2) is 5.75 Å². The molecule has 0 aliphatic carbocycles. The number of nitrogens with two attached hydrogens (primary N) is 5. The van der Waals surface area contributed by atoms with Gasteiger partial charge in [-0.2, -0.15) is 0 Å². The van der Waals surface area contributed by atoms with Crippen LogP contribution < -0.4 is 54.1 Å². The van der Waals surface area contributed by atoms with Crippen LogP contribution >= 0.6 is 0 Å². The second kappa shape index (κ2) is 35.9. The van der Waals surface area contributed by atoms with Gasteiger partial charge in [-0.3, -0.25) is 14.4 Å². The van der Waals surface area contributed by atoms with E-state index in [2.05, 4.69) is 16.0 Å². The number of benzene rings is 6. The van der Waals surface area contributed by atoms with Crippen LogP contribution in [0.1, 0.15) is 83.2 Å². The Morgan fingerprint density at radius 3 is 1.43 bits per heavy atom. The number of unbranched alkanes of at least 4 members (excludes halogenated alkanes) is 4. The zero-order valence-corrected chi connectivity index (χ0v) is 48.6. The lowest BCUT2D eigenvalue weighted by Gasteiger charge is -2.18. The summed E-state index contributed by atoms with van der Waals surface area (Å²) in [5, 5.41) is 8.56. The van der Waals surface area contributed by atoms with E-state index in [1.807, 2.05) is 0 Å². The van der Waals surface area contributed by atoms with E-state index in [0.29, 0.717) is 95.2 Å². The fourth-order valence-electron chi connectivity index (χ4n) is 8.27. The highest BCUT2D eigenvalue weighted by atomic mass is 16.6. The number of carbonyl (C=O) groups is 8. The molecule has 0 aromatic heterocycles. The molecule has 0 heterocycles. The summed E-state index contributed by atoms with van der Waals surface area (Å²) < 4.78 is 43.1. The molecule has 13 N–H and O–H groups in total. The first kappa shape index (κ1) is 66.9. The maximum absolute atomic E-state index is 13.3. The van der Waals surface area contributed by atoms with Crippen LogP contribution in [0.2, 0.25) is 0 Å². The summed E-state index contributed by atoms with van der Waals surface area (Å²) >= 11 is 0. The van der Waals surface area contributed by atoms with Gasteiger partial charge in [-0.15, -0.1) is 0 Å². The van der Waals surface area contributed by atoms with Crippen molar-refractivity contribution in [3.05, 3.63) is 162 Å². The molecule has 88 heavy (non-hydrogen) atoms. The van der Waals surface area contributed by atoms with Crippen molar-refractivity contribution in [2.45, 2.75) is 76.3 Å². The van der Waals surface area contributed by atoms with Gasteiger partial charge >= 0.3 is 35.8 Å². The van der Waals surface area contributed by atoms with Gasteiger partial charge in [0, 0.05) is 59.8 Å². The third-order valence-corrected chi connectivity index (χ3v) is 12.9. The number of nitrogen functional groups attached to an aromatic ring is 5. The number of rotatable bonds is 36. The van der Waals surface area contributed by atoms with Crippen LogP contribution in [-0.2, 0) is 70.0 Å². The summed E-state index contributed by atoms with van der Waals surface area (Å²) in [6, 6.07) is 35.3. The second-order valence-electron chi connectivity index (χ2n) is 20.1. The summed E-state index contributed by atoms with van der Waals surface area (Å²) in [6.45, 7) is -1.31. The fourth-order valence-corrected chi connectivity index (χ4v) is 8.27. The van der Waals surface area contributed by atoms with Gasteiger partial charge in [-0.25, -0.2) is 24.0 Å². The number of esters is 6. The first-order valence-corrected chi connectivity index (χ1v) is 28.5. The highest BCUT2D eigenvalue weighted by Crippen LogP contribution is 2.31. The van der Waals surface area contributed by atoms with E-state index in [1.54, 1.807) is 115 Å². The van der Waals surface area contributed by atoms with Crippen molar-refractivity contribution < 1.29 is 76.3 Å². The zero-order valence-electron chi connectivity index (χ0n) is 48.6. The monoisotopic (exact) mass is 1210 g/mol. The molecule has 0 bridgehead atoms. The Kier molecular flexibility index (Phi) is 27.3. The van der Waals surface area contributed by atoms with Crippen molar-refractivity contribution in [1.29, 1.82) is 0 Å². The van der Waals surface area contributed by atoms with E-state index in [9.17, 15) is 38.4 Å². The van der Waals surface area contributed by atoms with Crippen molar-refractivity contribution in [3.63, 3.8) is 0 Å². The van der Waals surface area contributed by atoms with Crippen molar-refractivity contribution in [2.24, 2.45) is 0 Å². The van der Waals surface area contributed by atoms with E-state index in [0.717, 1.165) is 5.56 Å². The Labute approximate surface area is 508 Å². The molecule has 2 atom stereocenters. The van der Waals surface area contributed by atoms with Gasteiger partial charge in [0.05, 0.1) is 43.2 Å². The standard InChI is InChI=1S/C64H74N8O16/c65-46-17-9-42(10-18-46)37-54(71-57(73)7-3-1-5-31-83-61(77)44-13-21-48(67)22-14-44)63(79)84-32-6-2-4-8-59(75)88-56-30-25-50(69)39-53(56)70-51-26-15-45(16-27-51)62(78)85-35-33-81-40-58(74)72-55(38-43-11-19-47(66)20-12-43)64(80)86-36-34-82-41-60(76)87-52-28-23-49(68)24-29-52/h9-30,39,54-55,70H,1-8,31-38,40-41,65-69H2,(H,71,73)(H,72,74). The van der Waals surface area contributed by atoms with Crippen LogP contribution in [-0.4, -0.2) is 113 Å². The topological polar surface area (TPSA) is 377 Å². The molecule has 466 valence electrons. The molecule has 24 nitrogen and oxygen atoms in total. The molecule has 2 unspecified atom stereocenters. The molecule has 6 rings (SSSR count). The maximum Gasteiger partial charge on any atom is 0.338 e. The SMILES string of the molecule is Nc1ccc(CC(NC(=O)CCCCCOC(=O)c2ccc(N)cc2)C(=O)OCCCCCC(=O)Oc2ccc(N)cc2Nc2ccc(C(=O)OCCOCC(=O)NC(Cc3ccc(N)cc3)C(=O)OCCOCC(=O)Oc3ccc(N)cc3)cc2)cc1. The molecule has 24 heteroatoms. The molecule has 0 aliphatic rings. The van der Waals surface area contributed by atoms with Crippen LogP contribution in [0.5, 0.6) is 11.5 Å². The minimum atomic E-state index is -1.12. The predicted octanol–water partition coefficient (Wildman–Crippen LogP) is 6.56. The third-order valence-electron chi connectivity index (χ3n) is 12.9. The van der Waals surface area contributed by atoms with Crippen LogP contribution in [0.15, 0.2) is 140 Å². The Bertz CT molecular complexity index is 3240. The Morgan fingerprint density at radius 1 is 0.398 bits per heavy atom. The van der Waals surface area contributed by atoms with Gasteiger partial charge in [-0.1, -0.05) is 24.3 Å². The lowest BCUT2D eigenvalue weighted by molar-refractivity contribution is -0.150. The Hall–Kier alpha value is -10.2. The van der Waals surface area contributed by atoms with E-state index in [1.165, 1.54) is 24.3 Å². The van der Waals surface area contributed by atoms with Crippen molar-refractivity contribution in [3.8, 4) is 11.5 Å². The predicted molar refractivity (Wildman–Crippen MR) is 328 cm³/mol. The number of ether oxygens (including phenoxy) is 8. The molecule has 2 amide bonds. The molecule has 0 spiro atoms. The highest BCUT2D eigenvalue weighted by Gasteiger charge is 2.25. The average Bonchev–Trinajstić information content (AvgIpc) is 3.65. The molecular formula is C64H74N8O16. The number of nitrogens with one attached hydrogen (secondary N) is 3. The van der Waals surface area contributed by atoms with Crippen LogP contribution in [0.3, 0.4) is 0 Å². The minimum absolute atomic E-state index is 0.0586. The van der Waals surface area contributed by atoms with E-state index in [4.69, 9.17) is 66.6 Å². The summed E-state index contributed by atoms with van der Waals surface area (Å²) in [5.41, 5.74) is 34.6. The summed E-state index contributed by atoms with van der Waals surface area (Å²) in [7, 11) is 0. The molecule has 6 aromatic carbocycles. The molecule has 6 aromatic rings. The quantitative estimate of drug-likeness (QED) is 0.00678. The van der Waals surface area contributed by atoms with Gasteiger partial charge in [-0.05, 0) is 165 Å². The second-order valence-corrected chi connectivity index (χ2v) is 20.1. The van der Waals surface area contributed by atoms with E-state index < -0.39 is 67.0 Å². The van der Waals surface area contributed by atoms with Gasteiger partial charge < -0.3 is 82.5 Å². The third kappa shape index (κ3) is 24.8. The number of anilines is 7. The normalized spacial score (nSPS) is 11.5. The van der Waals surface area contributed by atoms with Crippen molar-refractivity contribution in [2.75, 3.05) is 86.8 Å². The van der Waals surface area contributed by atoms with Crippen molar-refractivity contribution in [1.82, 2.24) is 10.6 Å². The van der Waals surface area contributed by atoms with Crippen LogP contribution in [0, 0.1) is 0 Å². The first-order chi connectivity index (χ1) is 42.5. The van der Waals surface area contributed by atoms with Gasteiger partial charge in [0.25, 0.3) is 0 Å². The lowest BCUT2D eigenvalue weighted by atomic mass is 10.0. The summed E-state index contributed by atoms with van der Waals surface area (Å²) in [5.74, 6) is -4.12. The summed E-state index contributed by atoms with van der Waals surface area (Å²) in [6.07, 6.45) is 3.55. The fraction of sp³-hybridized carbons (Fsp3) is 0.312. The maximum atomic E-state index is 13.3. The Morgan fingerprint density at radius 2 is 0.852 bits per heavy atom. The molecule has 0 aliphatic heterocycles. The van der Waals surface area contributed by atoms with E-state index in [-0.39, 0.29) is 82.5 Å². The smallest absolute Gasteiger partial charge is 0.338 e. The minimum Gasteiger partial charge on any atom is -0.464 e. The average molecular weight is 1210 g/mol. The number of hydrogen-bond acceptors (Lipinski definition) is 22. The van der Waals surface area contributed by atoms with Crippen molar-refractivity contribution >= 4 is 87.4 Å². The zero-order chi connectivity index (χ0) is 63.0. The Balaban J connectivity index is 0.860. The van der Waals surface area contributed by atoms with Gasteiger partial charge in [0.1, 0.15) is 44.3 Å². The molecular weight excluding hydrogens is 1140 g/mol. The lowest BCUT2D eigenvalue weighted by Crippen LogP contribution is -2.45. The van der Waals surface area contributed by atoms with Crippen LogP contribution in [0.25, 0.3) is 0 Å². The van der Waals surface area contributed by atoms with Gasteiger partial charge in [0.2, 0.25) is 11.8 Å². The number of amides is 2. The molecule has 0 saturated carbocycles. The van der Waals surface area contributed by atoms with Crippen LogP contribution in [0.4, 0.5) is 39.8 Å². The summed E-state index contributed by atoms with van der Waals surface area (Å²) in [4.78, 5) is 103. The molecule has 0 fully saturated rings. The molecule has 0 saturated heterocycles. The number of carbonyl (C=O) groups excluding carboxylic acids is 8. The molecule has 0 radical (unpaired) electrons. The highest BCUT2D eigenvalue weighted by molar-refractivity contribution is 5.91. The van der Waals surface area contributed by atoms with E-state index >= 15 is 0 Å². The largest absolute Gasteiger partial charge is 0.464 e. The number of hydrogen-bond donors (Lipinski definition) is 8.